The Balaban J connectivity index is 4.01. The van der Waals surface area contributed by atoms with E-state index >= 15 is 0 Å². The van der Waals surface area contributed by atoms with Gasteiger partial charge < -0.3 is 5.11 Å². The van der Waals surface area contributed by atoms with Crippen molar-refractivity contribution in [2.45, 2.75) is 26.3 Å². The summed E-state index contributed by atoms with van der Waals surface area (Å²) in [4.78, 5) is 10.5. The minimum Gasteiger partial charge on any atom is -0.480 e. The lowest BCUT2D eigenvalue weighted by Crippen LogP contribution is -2.51. The molecule has 11 heavy (non-hydrogen) atoms. The highest BCUT2D eigenvalue weighted by Crippen LogP contribution is 2.06. The maximum atomic E-state index is 10.5. The Bertz CT molecular complexity index is 136. The highest BCUT2D eigenvalue weighted by Gasteiger charge is 2.21. The van der Waals surface area contributed by atoms with Crippen molar-refractivity contribution in [2.75, 3.05) is 0 Å². The summed E-state index contributed by atoms with van der Waals surface area (Å²) in [5, 5.41) is 9.33. The second-order valence-electron chi connectivity index (χ2n) is 2.93. The van der Waals surface area contributed by atoms with Crippen molar-refractivity contribution in [1.82, 2.24) is 5.12 Å². The third-order valence-corrected chi connectivity index (χ3v) is 1.34. The Kier molecular flexibility index (Phi) is 4.02. The molecule has 5 nitrogen and oxygen atoms in total. The van der Waals surface area contributed by atoms with E-state index in [1.807, 2.05) is 13.8 Å². The van der Waals surface area contributed by atoms with Gasteiger partial charge in [0.15, 0.2) is 0 Å². The van der Waals surface area contributed by atoms with E-state index in [1.54, 1.807) is 0 Å². The van der Waals surface area contributed by atoms with Crippen molar-refractivity contribution in [3.8, 4) is 0 Å². The summed E-state index contributed by atoms with van der Waals surface area (Å²) in [5.74, 6) is 9.52. The number of rotatable bonds is 4. The summed E-state index contributed by atoms with van der Waals surface area (Å²) >= 11 is 0. The molecule has 0 amide bonds. The van der Waals surface area contributed by atoms with Crippen LogP contribution in [0.2, 0.25) is 0 Å². The lowest BCUT2D eigenvalue weighted by Gasteiger charge is -2.20. The molecule has 1 atom stereocenters. The van der Waals surface area contributed by atoms with Gasteiger partial charge in [0.25, 0.3) is 0 Å². The number of hydrogen-bond acceptors (Lipinski definition) is 4. The number of hydrazine groups is 2. The van der Waals surface area contributed by atoms with E-state index < -0.39 is 12.0 Å². The number of carboxylic acids is 1. The van der Waals surface area contributed by atoms with E-state index in [-0.39, 0.29) is 5.92 Å². The van der Waals surface area contributed by atoms with Crippen LogP contribution in [0.1, 0.15) is 20.3 Å². The SMILES string of the molecule is CC(C)C[C@@H](C(=O)O)N(N)N. The summed E-state index contributed by atoms with van der Waals surface area (Å²) in [6.07, 6.45) is 0.461. The zero-order valence-electron chi connectivity index (χ0n) is 6.82. The number of nitrogens with zero attached hydrogens (tertiary/aromatic N) is 1. The van der Waals surface area contributed by atoms with Crippen LogP contribution in [0.3, 0.4) is 0 Å². The molecule has 0 aromatic heterocycles. The van der Waals surface area contributed by atoms with E-state index in [4.69, 9.17) is 16.8 Å². The van der Waals surface area contributed by atoms with E-state index in [0.29, 0.717) is 6.42 Å². The van der Waals surface area contributed by atoms with E-state index in [1.165, 1.54) is 0 Å². The molecule has 0 aliphatic heterocycles. The molecule has 5 N–H and O–H groups in total. The monoisotopic (exact) mass is 161 g/mol. The van der Waals surface area contributed by atoms with E-state index in [2.05, 4.69) is 0 Å². The van der Waals surface area contributed by atoms with Crippen LogP contribution in [0.5, 0.6) is 0 Å². The first-order chi connectivity index (χ1) is 4.95. The second-order valence-corrected chi connectivity index (χ2v) is 2.93. The molecule has 0 radical (unpaired) electrons. The molecule has 0 heterocycles. The molecule has 0 aliphatic carbocycles. The van der Waals surface area contributed by atoms with Gasteiger partial charge in [0.1, 0.15) is 6.04 Å². The molecular formula is C6H15N3O2. The van der Waals surface area contributed by atoms with Crippen molar-refractivity contribution < 1.29 is 9.90 Å². The van der Waals surface area contributed by atoms with Crippen molar-refractivity contribution in [3.05, 3.63) is 0 Å². The number of hydrogen-bond donors (Lipinski definition) is 3. The highest BCUT2D eigenvalue weighted by atomic mass is 16.4. The van der Waals surface area contributed by atoms with Gasteiger partial charge in [0.05, 0.1) is 0 Å². The standard InChI is InChI=1S/C6H15N3O2/c1-4(2)3-5(6(10)11)9(7)8/h4-5H,3,7-8H2,1-2H3,(H,10,11)/t5-/m0/s1. The third kappa shape index (κ3) is 3.92. The molecule has 0 rings (SSSR count). The summed E-state index contributed by atoms with van der Waals surface area (Å²) < 4.78 is 0. The Hall–Kier alpha value is -0.650. The minimum absolute atomic E-state index is 0.269. The molecule has 0 aromatic carbocycles. The predicted molar refractivity (Wildman–Crippen MR) is 41.1 cm³/mol. The van der Waals surface area contributed by atoms with Crippen LogP contribution in [-0.2, 0) is 4.79 Å². The number of carbonyl (C=O) groups is 1. The van der Waals surface area contributed by atoms with Gasteiger partial charge in [-0.2, -0.15) is 5.12 Å². The fourth-order valence-electron chi connectivity index (χ4n) is 0.797. The third-order valence-electron chi connectivity index (χ3n) is 1.34. The number of aliphatic carboxylic acids is 1. The highest BCUT2D eigenvalue weighted by molar-refractivity contribution is 5.73. The van der Waals surface area contributed by atoms with Crippen LogP contribution in [0, 0.1) is 5.92 Å². The molecule has 5 heteroatoms. The molecule has 0 spiro atoms. The molecule has 0 aliphatic rings. The molecule has 0 saturated carbocycles. The molecule has 0 unspecified atom stereocenters. The van der Waals surface area contributed by atoms with Gasteiger partial charge in [-0.1, -0.05) is 13.8 Å². The number of nitrogens with two attached hydrogens (primary N) is 2. The van der Waals surface area contributed by atoms with Gasteiger partial charge in [0, 0.05) is 0 Å². The summed E-state index contributed by atoms with van der Waals surface area (Å²) in [5.41, 5.74) is 0. The maximum Gasteiger partial charge on any atom is 0.323 e. The first kappa shape index (κ1) is 10.3. The van der Waals surface area contributed by atoms with Gasteiger partial charge >= 0.3 is 5.97 Å². The van der Waals surface area contributed by atoms with Crippen LogP contribution in [-0.4, -0.2) is 22.2 Å². The quantitative estimate of drug-likeness (QED) is 0.383. The van der Waals surface area contributed by atoms with Gasteiger partial charge in [-0.3, -0.25) is 16.5 Å². The van der Waals surface area contributed by atoms with Crippen molar-refractivity contribution in [1.29, 1.82) is 0 Å². The first-order valence-corrected chi connectivity index (χ1v) is 3.46. The van der Waals surface area contributed by atoms with Crippen molar-refractivity contribution in [2.24, 2.45) is 17.6 Å². The Morgan fingerprint density at radius 1 is 1.55 bits per heavy atom. The molecule has 66 valence electrons. The zero-order valence-corrected chi connectivity index (χ0v) is 6.82. The maximum absolute atomic E-state index is 10.5. The lowest BCUT2D eigenvalue weighted by molar-refractivity contribution is -0.144. The summed E-state index contributed by atoms with van der Waals surface area (Å²) in [6, 6.07) is -0.782. The van der Waals surface area contributed by atoms with Crippen LogP contribution in [0.25, 0.3) is 0 Å². The van der Waals surface area contributed by atoms with Gasteiger partial charge in [0.2, 0.25) is 0 Å². The first-order valence-electron chi connectivity index (χ1n) is 3.46. The Morgan fingerprint density at radius 2 is 2.00 bits per heavy atom. The van der Waals surface area contributed by atoms with Crippen LogP contribution >= 0.6 is 0 Å². The average Bonchev–Trinajstić information content (AvgIpc) is 1.81. The van der Waals surface area contributed by atoms with Crippen molar-refractivity contribution >= 4 is 5.97 Å². The van der Waals surface area contributed by atoms with Crippen LogP contribution < -0.4 is 11.7 Å². The molecule has 0 bridgehead atoms. The molecular weight excluding hydrogens is 146 g/mol. The predicted octanol–water partition coefficient (Wildman–Crippen LogP) is -0.465. The minimum atomic E-state index is -0.983. The van der Waals surface area contributed by atoms with Gasteiger partial charge in [-0.25, -0.2) is 0 Å². The smallest absolute Gasteiger partial charge is 0.323 e. The number of carboxylic acid groups (broad SMARTS) is 1. The summed E-state index contributed by atoms with van der Waals surface area (Å²) in [6.45, 7) is 3.83. The van der Waals surface area contributed by atoms with E-state index in [9.17, 15) is 4.79 Å². The van der Waals surface area contributed by atoms with Gasteiger partial charge in [-0.05, 0) is 12.3 Å². The van der Waals surface area contributed by atoms with Gasteiger partial charge in [-0.15, -0.1) is 0 Å². The lowest BCUT2D eigenvalue weighted by atomic mass is 10.0. The molecule has 0 saturated heterocycles. The van der Waals surface area contributed by atoms with E-state index in [0.717, 1.165) is 5.12 Å². The summed E-state index contributed by atoms with van der Waals surface area (Å²) in [7, 11) is 0. The zero-order chi connectivity index (χ0) is 9.02. The molecule has 0 aromatic rings. The van der Waals surface area contributed by atoms with Crippen molar-refractivity contribution in [3.63, 3.8) is 0 Å². The topological polar surface area (TPSA) is 92.6 Å². The Morgan fingerprint density at radius 3 is 2.09 bits per heavy atom. The largest absolute Gasteiger partial charge is 0.480 e. The Labute approximate surface area is 65.9 Å². The van der Waals surface area contributed by atoms with Crippen LogP contribution in [0.4, 0.5) is 0 Å². The normalized spacial score (nSPS) is 14.0. The fraction of sp³-hybridized carbons (Fsp3) is 0.833. The molecule has 0 fully saturated rings. The average molecular weight is 161 g/mol. The van der Waals surface area contributed by atoms with Crippen LogP contribution in [0.15, 0.2) is 0 Å². The second kappa shape index (κ2) is 4.27. The fourth-order valence-corrected chi connectivity index (χ4v) is 0.797.